The summed E-state index contributed by atoms with van der Waals surface area (Å²) in [6.07, 6.45) is 0.0980. The molecule has 1 saturated heterocycles. The molecule has 1 aliphatic rings. The fourth-order valence-electron chi connectivity index (χ4n) is 2.71. The van der Waals surface area contributed by atoms with Gasteiger partial charge in [0.05, 0.1) is 27.2 Å². The molecule has 25 heavy (non-hydrogen) atoms. The summed E-state index contributed by atoms with van der Waals surface area (Å²) in [4.78, 5) is 26.3. The lowest BCUT2D eigenvalue weighted by molar-refractivity contribution is -0.122. The van der Waals surface area contributed by atoms with Crippen molar-refractivity contribution in [1.29, 1.82) is 5.26 Å². The molecule has 5 nitrogen and oxygen atoms in total. The molecule has 1 unspecified atom stereocenters. The van der Waals surface area contributed by atoms with Crippen LogP contribution >= 0.6 is 23.2 Å². The highest BCUT2D eigenvalue weighted by molar-refractivity contribution is 6.42. The highest BCUT2D eigenvalue weighted by atomic mass is 35.5. The van der Waals surface area contributed by atoms with Crippen LogP contribution in [0.25, 0.3) is 0 Å². The van der Waals surface area contributed by atoms with Gasteiger partial charge in [0, 0.05) is 18.7 Å². The zero-order valence-electron chi connectivity index (χ0n) is 13.0. The van der Waals surface area contributed by atoms with Gasteiger partial charge >= 0.3 is 0 Å². The fourth-order valence-corrected chi connectivity index (χ4v) is 3.00. The van der Waals surface area contributed by atoms with E-state index in [-0.39, 0.29) is 24.8 Å². The SMILES string of the molecule is N#Cc1ccccc1NC(=O)C1CC(=O)N(c2ccc(Cl)c(Cl)c2)C1. The number of carbonyl (C=O) groups excluding carboxylic acids is 2. The fraction of sp³-hybridized carbons (Fsp3) is 0.167. The van der Waals surface area contributed by atoms with Crippen LogP contribution in [0.1, 0.15) is 12.0 Å². The lowest BCUT2D eigenvalue weighted by atomic mass is 10.1. The van der Waals surface area contributed by atoms with Crippen molar-refractivity contribution >= 4 is 46.4 Å². The van der Waals surface area contributed by atoms with E-state index in [1.54, 1.807) is 42.5 Å². The summed E-state index contributed by atoms with van der Waals surface area (Å²) in [6.45, 7) is 0.247. The van der Waals surface area contributed by atoms with Crippen molar-refractivity contribution in [2.75, 3.05) is 16.8 Å². The molecule has 1 atom stereocenters. The lowest BCUT2D eigenvalue weighted by Crippen LogP contribution is -2.28. The van der Waals surface area contributed by atoms with Gasteiger partial charge in [-0.15, -0.1) is 0 Å². The maximum absolute atomic E-state index is 12.5. The number of anilines is 2. The third-order valence-corrected chi connectivity index (χ3v) is 4.76. The van der Waals surface area contributed by atoms with E-state index >= 15 is 0 Å². The van der Waals surface area contributed by atoms with Gasteiger partial charge in [-0.05, 0) is 30.3 Å². The van der Waals surface area contributed by atoms with Gasteiger partial charge in [-0.1, -0.05) is 35.3 Å². The molecule has 1 N–H and O–H groups in total. The molecule has 2 aromatic carbocycles. The average Bonchev–Trinajstić information content (AvgIpc) is 3.00. The Kier molecular flexibility index (Phi) is 4.93. The Morgan fingerprint density at radius 2 is 1.96 bits per heavy atom. The molecule has 7 heteroatoms. The molecule has 1 fully saturated rings. The van der Waals surface area contributed by atoms with Crippen LogP contribution in [0.2, 0.25) is 10.0 Å². The number of benzene rings is 2. The summed E-state index contributed by atoms with van der Waals surface area (Å²) in [6, 6.07) is 13.7. The zero-order chi connectivity index (χ0) is 18.0. The van der Waals surface area contributed by atoms with E-state index in [0.717, 1.165) is 0 Å². The third-order valence-electron chi connectivity index (χ3n) is 4.02. The highest BCUT2D eigenvalue weighted by Crippen LogP contribution is 2.31. The van der Waals surface area contributed by atoms with Crippen LogP contribution in [0.15, 0.2) is 42.5 Å². The molecule has 2 aromatic rings. The minimum Gasteiger partial charge on any atom is -0.325 e. The average molecular weight is 374 g/mol. The van der Waals surface area contributed by atoms with Crippen LogP contribution < -0.4 is 10.2 Å². The molecule has 2 amide bonds. The first-order valence-corrected chi connectivity index (χ1v) is 8.30. The molecule has 0 bridgehead atoms. The Morgan fingerprint density at radius 1 is 1.20 bits per heavy atom. The third kappa shape index (κ3) is 3.60. The summed E-state index contributed by atoms with van der Waals surface area (Å²) < 4.78 is 0. The molecule has 1 heterocycles. The van der Waals surface area contributed by atoms with Gasteiger partial charge in [-0.3, -0.25) is 9.59 Å². The van der Waals surface area contributed by atoms with E-state index in [4.69, 9.17) is 28.5 Å². The second kappa shape index (κ2) is 7.14. The monoisotopic (exact) mass is 373 g/mol. The molecule has 0 aromatic heterocycles. The predicted molar refractivity (Wildman–Crippen MR) is 96.7 cm³/mol. The number of halogens is 2. The number of hydrogen-bond acceptors (Lipinski definition) is 3. The van der Waals surface area contributed by atoms with E-state index in [9.17, 15) is 9.59 Å². The Hall–Kier alpha value is -2.55. The zero-order valence-corrected chi connectivity index (χ0v) is 14.5. The summed E-state index contributed by atoms with van der Waals surface area (Å²) in [5.74, 6) is -0.959. The summed E-state index contributed by atoms with van der Waals surface area (Å²) in [5, 5.41) is 12.6. The van der Waals surface area contributed by atoms with E-state index in [0.29, 0.717) is 27.0 Å². The number of hydrogen-bond donors (Lipinski definition) is 1. The van der Waals surface area contributed by atoms with Crippen LogP contribution in [0.4, 0.5) is 11.4 Å². The first-order chi connectivity index (χ1) is 12.0. The van der Waals surface area contributed by atoms with Gasteiger partial charge in [0.1, 0.15) is 6.07 Å². The largest absolute Gasteiger partial charge is 0.325 e. The quantitative estimate of drug-likeness (QED) is 0.887. The maximum atomic E-state index is 12.5. The van der Waals surface area contributed by atoms with E-state index < -0.39 is 5.92 Å². The second-order valence-corrected chi connectivity index (χ2v) is 6.46. The maximum Gasteiger partial charge on any atom is 0.229 e. The minimum absolute atomic E-state index is 0.0980. The molecule has 1 aliphatic heterocycles. The van der Waals surface area contributed by atoms with Crippen molar-refractivity contribution in [2.45, 2.75) is 6.42 Å². The summed E-state index contributed by atoms with van der Waals surface area (Å²) >= 11 is 11.9. The van der Waals surface area contributed by atoms with Gasteiger partial charge in [0.2, 0.25) is 11.8 Å². The first kappa shape index (κ1) is 17.3. The molecule has 0 spiro atoms. The van der Waals surface area contributed by atoms with Crippen molar-refractivity contribution in [3.8, 4) is 6.07 Å². The first-order valence-electron chi connectivity index (χ1n) is 7.55. The lowest BCUT2D eigenvalue weighted by Gasteiger charge is -2.17. The van der Waals surface area contributed by atoms with Crippen LogP contribution in [0.5, 0.6) is 0 Å². The standard InChI is InChI=1S/C18H13Cl2N3O2/c19-14-6-5-13(8-15(14)20)23-10-12(7-17(23)24)18(25)22-16-4-2-1-3-11(16)9-21/h1-6,8,12H,7,10H2,(H,22,25). The van der Waals surface area contributed by atoms with Crippen LogP contribution in [-0.2, 0) is 9.59 Å². The molecule has 0 saturated carbocycles. The Bertz CT molecular complexity index is 892. The molecule has 0 aliphatic carbocycles. The number of carbonyl (C=O) groups is 2. The topological polar surface area (TPSA) is 73.2 Å². The number of nitrogens with zero attached hydrogens (tertiary/aromatic N) is 2. The second-order valence-electron chi connectivity index (χ2n) is 5.65. The van der Waals surface area contributed by atoms with E-state index in [2.05, 4.69) is 5.32 Å². The molecule has 126 valence electrons. The predicted octanol–water partition coefficient (Wildman–Crippen LogP) is 3.86. The minimum atomic E-state index is -0.506. The van der Waals surface area contributed by atoms with Crippen molar-refractivity contribution in [1.82, 2.24) is 0 Å². The van der Waals surface area contributed by atoms with Crippen LogP contribution in [0, 0.1) is 17.2 Å². The van der Waals surface area contributed by atoms with E-state index in [1.807, 2.05) is 6.07 Å². The van der Waals surface area contributed by atoms with Gasteiger partial charge < -0.3 is 10.2 Å². The number of para-hydroxylation sites is 1. The number of nitrogens with one attached hydrogen (secondary N) is 1. The number of nitriles is 1. The Balaban J connectivity index is 1.74. The normalized spacial score (nSPS) is 16.6. The van der Waals surface area contributed by atoms with E-state index in [1.165, 1.54) is 4.90 Å². The van der Waals surface area contributed by atoms with Gasteiger partial charge in [0.15, 0.2) is 0 Å². The van der Waals surface area contributed by atoms with Crippen molar-refractivity contribution in [3.05, 3.63) is 58.1 Å². The van der Waals surface area contributed by atoms with Crippen LogP contribution in [0.3, 0.4) is 0 Å². The van der Waals surface area contributed by atoms with Crippen molar-refractivity contribution in [3.63, 3.8) is 0 Å². The summed E-state index contributed by atoms with van der Waals surface area (Å²) in [7, 11) is 0. The van der Waals surface area contributed by atoms with Gasteiger partial charge in [-0.2, -0.15) is 5.26 Å². The molecular weight excluding hydrogens is 361 g/mol. The highest BCUT2D eigenvalue weighted by Gasteiger charge is 2.35. The number of amides is 2. The van der Waals surface area contributed by atoms with Crippen LogP contribution in [-0.4, -0.2) is 18.4 Å². The molecular formula is C18H13Cl2N3O2. The number of rotatable bonds is 3. The Labute approximate surface area is 154 Å². The van der Waals surface area contributed by atoms with Gasteiger partial charge in [-0.25, -0.2) is 0 Å². The van der Waals surface area contributed by atoms with Crippen molar-refractivity contribution in [2.24, 2.45) is 5.92 Å². The molecule has 0 radical (unpaired) electrons. The summed E-state index contributed by atoms with van der Waals surface area (Å²) in [5.41, 5.74) is 1.42. The Morgan fingerprint density at radius 3 is 2.68 bits per heavy atom. The smallest absolute Gasteiger partial charge is 0.229 e. The van der Waals surface area contributed by atoms with Crippen molar-refractivity contribution < 1.29 is 9.59 Å². The van der Waals surface area contributed by atoms with Gasteiger partial charge in [0.25, 0.3) is 0 Å². The molecule has 3 rings (SSSR count).